The number of carbonyl (C=O) groups excluding carboxylic acids is 1. The number of benzene rings is 2. The molecular formula is C23H31N3O2. The summed E-state index contributed by atoms with van der Waals surface area (Å²) >= 11 is 0. The molecule has 2 aromatic rings. The highest BCUT2D eigenvalue weighted by Gasteiger charge is 2.23. The molecule has 1 aliphatic heterocycles. The van der Waals surface area contributed by atoms with Crippen LogP contribution in [-0.4, -0.2) is 50.6 Å². The Morgan fingerprint density at radius 2 is 1.82 bits per heavy atom. The molecule has 1 N–H and O–H groups in total. The first-order chi connectivity index (χ1) is 13.4. The highest BCUT2D eigenvalue weighted by atomic mass is 16.5. The minimum Gasteiger partial charge on any atom is -0.484 e. The Labute approximate surface area is 168 Å². The molecule has 1 amide bonds. The Hall–Kier alpha value is -2.53. The van der Waals surface area contributed by atoms with Gasteiger partial charge in [0.25, 0.3) is 5.91 Å². The van der Waals surface area contributed by atoms with Crippen molar-refractivity contribution in [3.63, 3.8) is 0 Å². The summed E-state index contributed by atoms with van der Waals surface area (Å²) in [4.78, 5) is 16.8. The van der Waals surface area contributed by atoms with E-state index >= 15 is 0 Å². The van der Waals surface area contributed by atoms with Crippen LogP contribution >= 0.6 is 0 Å². The smallest absolute Gasteiger partial charge is 0.262 e. The molecule has 3 rings (SSSR count). The third kappa shape index (κ3) is 5.26. The molecule has 0 spiro atoms. The maximum Gasteiger partial charge on any atom is 0.262 e. The van der Waals surface area contributed by atoms with E-state index in [0.29, 0.717) is 17.7 Å². The van der Waals surface area contributed by atoms with Gasteiger partial charge in [-0.05, 0) is 68.4 Å². The molecule has 1 heterocycles. The molecule has 0 bridgehead atoms. The second-order valence-electron chi connectivity index (χ2n) is 7.96. The summed E-state index contributed by atoms with van der Waals surface area (Å²) in [5.41, 5.74) is 3.24. The molecule has 0 aliphatic carbocycles. The van der Waals surface area contributed by atoms with Gasteiger partial charge in [0.15, 0.2) is 6.61 Å². The Kier molecular flexibility index (Phi) is 6.57. The van der Waals surface area contributed by atoms with Crippen molar-refractivity contribution in [2.24, 2.45) is 0 Å². The lowest BCUT2D eigenvalue weighted by Gasteiger charge is -2.22. The van der Waals surface area contributed by atoms with Gasteiger partial charge in [-0.25, -0.2) is 0 Å². The lowest BCUT2D eigenvalue weighted by atomic mass is 10.0. The fourth-order valence-corrected chi connectivity index (χ4v) is 3.45. The van der Waals surface area contributed by atoms with Gasteiger partial charge in [-0.15, -0.1) is 0 Å². The van der Waals surface area contributed by atoms with Crippen LogP contribution < -0.4 is 15.0 Å². The second-order valence-corrected chi connectivity index (χ2v) is 7.96. The number of ether oxygens (including phenoxy) is 1. The molecule has 5 heteroatoms. The second kappa shape index (κ2) is 9.11. The maximum atomic E-state index is 12.2. The zero-order valence-corrected chi connectivity index (χ0v) is 17.3. The summed E-state index contributed by atoms with van der Waals surface area (Å²) in [5.74, 6) is 1.03. The van der Waals surface area contributed by atoms with Crippen LogP contribution in [0.4, 0.5) is 11.4 Å². The third-order valence-corrected chi connectivity index (χ3v) is 5.33. The van der Waals surface area contributed by atoms with Crippen molar-refractivity contribution in [2.45, 2.75) is 32.2 Å². The maximum absolute atomic E-state index is 12.2. The normalized spacial score (nSPS) is 16.6. The fourth-order valence-electron chi connectivity index (χ4n) is 3.45. The minimum atomic E-state index is -0.158. The molecular weight excluding hydrogens is 350 g/mol. The van der Waals surface area contributed by atoms with Crippen LogP contribution in [0.25, 0.3) is 0 Å². The summed E-state index contributed by atoms with van der Waals surface area (Å²) in [5, 5.41) is 2.90. The van der Waals surface area contributed by atoms with Crippen molar-refractivity contribution >= 4 is 17.3 Å². The number of nitrogens with zero attached hydrogens (tertiary/aromatic N) is 2. The van der Waals surface area contributed by atoms with E-state index in [0.717, 1.165) is 18.8 Å². The van der Waals surface area contributed by atoms with E-state index in [1.807, 2.05) is 36.4 Å². The summed E-state index contributed by atoms with van der Waals surface area (Å²) < 4.78 is 5.59. The molecule has 1 saturated heterocycles. The van der Waals surface area contributed by atoms with Gasteiger partial charge >= 0.3 is 0 Å². The molecule has 1 fully saturated rings. The Morgan fingerprint density at radius 1 is 1.14 bits per heavy atom. The third-order valence-electron chi connectivity index (χ3n) is 5.33. The summed E-state index contributed by atoms with van der Waals surface area (Å²) in [6.45, 7) is 6.41. The van der Waals surface area contributed by atoms with E-state index < -0.39 is 0 Å². The number of hydrogen-bond donors (Lipinski definition) is 1. The Balaban J connectivity index is 1.48. The van der Waals surface area contributed by atoms with Crippen LogP contribution in [0.3, 0.4) is 0 Å². The summed E-state index contributed by atoms with van der Waals surface area (Å²) in [7, 11) is 4.26. The van der Waals surface area contributed by atoms with E-state index in [4.69, 9.17) is 4.74 Å². The number of carbonyl (C=O) groups is 1. The van der Waals surface area contributed by atoms with Gasteiger partial charge in [0.2, 0.25) is 0 Å². The van der Waals surface area contributed by atoms with Crippen molar-refractivity contribution < 1.29 is 9.53 Å². The highest BCUT2D eigenvalue weighted by Crippen LogP contribution is 2.24. The molecule has 0 radical (unpaired) electrons. The topological polar surface area (TPSA) is 44.8 Å². The quantitative estimate of drug-likeness (QED) is 0.788. The number of hydrogen-bond acceptors (Lipinski definition) is 4. The molecule has 1 aliphatic rings. The number of amides is 1. The van der Waals surface area contributed by atoms with Crippen molar-refractivity contribution in [3.05, 3.63) is 54.1 Å². The van der Waals surface area contributed by atoms with E-state index in [-0.39, 0.29) is 12.5 Å². The first-order valence-electron chi connectivity index (χ1n) is 9.96. The molecule has 1 unspecified atom stereocenters. The van der Waals surface area contributed by atoms with Gasteiger partial charge in [0.1, 0.15) is 5.75 Å². The lowest BCUT2D eigenvalue weighted by molar-refractivity contribution is -0.118. The average molecular weight is 382 g/mol. The molecule has 28 heavy (non-hydrogen) atoms. The lowest BCUT2D eigenvalue weighted by Crippen LogP contribution is -2.31. The van der Waals surface area contributed by atoms with Crippen molar-refractivity contribution in [1.29, 1.82) is 0 Å². The molecule has 5 nitrogen and oxygen atoms in total. The zero-order chi connectivity index (χ0) is 20.1. The van der Waals surface area contributed by atoms with Crippen LogP contribution in [0, 0.1) is 0 Å². The van der Waals surface area contributed by atoms with E-state index in [1.54, 1.807) is 0 Å². The fraction of sp³-hybridized carbons (Fsp3) is 0.435. The van der Waals surface area contributed by atoms with Gasteiger partial charge in [-0.3, -0.25) is 4.79 Å². The molecule has 150 valence electrons. The van der Waals surface area contributed by atoms with E-state index in [9.17, 15) is 4.79 Å². The van der Waals surface area contributed by atoms with Gasteiger partial charge in [0, 0.05) is 30.5 Å². The van der Waals surface area contributed by atoms with Crippen LogP contribution in [0.1, 0.15) is 31.7 Å². The van der Waals surface area contributed by atoms with Gasteiger partial charge in [-0.1, -0.05) is 26.0 Å². The van der Waals surface area contributed by atoms with Crippen LogP contribution in [0.5, 0.6) is 5.75 Å². The van der Waals surface area contributed by atoms with Crippen molar-refractivity contribution in [1.82, 2.24) is 4.90 Å². The number of likely N-dealkylation sites (N-methyl/N-ethyl adjacent to an activating group) is 1. The first-order valence-corrected chi connectivity index (χ1v) is 9.96. The van der Waals surface area contributed by atoms with Gasteiger partial charge in [-0.2, -0.15) is 0 Å². The van der Waals surface area contributed by atoms with Crippen LogP contribution in [0.2, 0.25) is 0 Å². The monoisotopic (exact) mass is 381 g/mol. The van der Waals surface area contributed by atoms with Crippen LogP contribution in [0.15, 0.2) is 48.5 Å². The molecule has 0 aromatic heterocycles. The Bertz CT molecular complexity index is 769. The predicted molar refractivity (Wildman–Crippen MR) is 115 cm³/mol. The molecule has 2 aromatic carbocycles. The van der Waals surface area contributed by atoms with Crippen LogP contribution in [-0.2, 0) is 4.79 Å². The standard InChI is InChI=1S/C23H31N3O2/c1-17(2)18-5-11-22(12-6-18)28-16-23(27)24-19-7-9-20(10-8-19)26-14-13-21(15-26)25(3)4/h5-12,17,21H,13-16H2,1-4H3,(H,24,27). The predicted octanol–water partition coefficient (Wildman–Crippen LogP) is 3.97. The van der Waals surface area contributed by atoms with E-state index in [1.165, 1.54) is 17.7 Å². The zero-order valence-electron chi connectivity index (χ0n) is 17.3. The molecule has 0 saturated carbocycles. The SMILES string of the molecule is CC(C)c1ccc(OCC(=O)Nc2ccc(N3CCC(N(C)C)C3)cc2)cc1. The minimum absolute atomic E-state index is 0.000579. The van der Waals surface area contributed by atoms with Crippen molar-refractivity contribution in [3.8, 4) is 5.75 Å². The summed E-state index contributed by atoms with van der Waals surface area (Å²) in [6, 6.07) is 16.5. The van der Waals surface area contributed by atoms with Crippen molar-refractivity contribution in [2.75, 3.05) is 44.0 Å². The first kappa shape index (κ1) is 20.2. The molecule has 1 atom stereocenters. The van der Waals surface area contributed by atoms with Gasteiger partial charge in [0.05, 0.1) is 0 Å². The number of rotatable bonds is 7. The average Bonchev–Trinajstić information content (AvgIpc) is 3.18. The van der Waals surface area contributed by atoms with E-state index in [2.05, 4.69) is 55.2 Å². The number of nitrogens with one attached hydrogen (secondary N) is 1. The number of anilines is 2. The Morgan fingerprint density at radius 3 is 2.39 bits per heavy atom. The van der Waals surface area contributed by atoms with Gasteiger partial charge < -0.3 is 19.9 Å². The highest BCUT2D eigenvalue weighted by molar-refractivity contribution is 5.92. The summed E-state index contributed by atoms with van der Waals surface area (Å²) in [6.07, 6.45) is 1.18. The largest absolute Gasteiger partial charge is 0.484 e.